The van der Waals surface area contributed by atoms with Gasteiger partial charge < -0.3 is 10.3 Å². The second-order valence-electron chi connectivity index (χ2n) is 3.01. The molecule has 72 valence electrons. The van der Waals surface area contributed by atoms with E-state index in [1.165, 1.54) is 0 Å². The molecule has 1 aromatic heterocycles. The van der Waals surface area contributed by atoms with Gasteiger partial charge in [0.1, 0.15) is 0 Å². The third-order valence-corrected chi connectivity index (χ3v) is 1.95. The van der Waals surface area contributed by atoms with E-state index in [1.807, 2.05) is 13.8 Å². The molecular formula is C10H17N3. The van der Waals surface area contributed by atoms with E-state index in [1.54, 1.807) is 6.33 Å². The summed E-state index contributed by atoms with van der Waals surface area (Å²) in [6.07, 6.45) is 7.05. The van der Waals surface area contributed by atoms with Crippen molar-refractivity contribution in [1.82, 2.24) is 15.3 Å². The first-order valence-electron chi connectivity index (χ1n) is 4.65. The molecule has 13 heavy (non-hydrogen) atoms. The Balaban J connectivity index is 2.16. The monoisotopic (exact) mass is 179 g/mol. The van der Waals surface area contributed by atoms with E-state index < -0.39 is 0 Å². The molecule has 1 heterocycles. The van der Waals surface area contributed by atoms with E-state index in [9.17, 15) is 0 Å². The Bertz CT molecular complexity index is 263. The van der Waals surface area contributed by atoms with Crippen LogP contribution in [-0.4, -0.2) is 16.5 Å². The summed E-state index contributed by atoms with van der Waals surface area (Å²) in [5, 5.41) is 3.33. The predicted molar refractivity (Wildman–Crippen MR) is 54.5 cm³/mol. The van der Waals surface area contributed by atoms with Gasteiger partial charge in [-0.25, -0.2) is 4.98 Å². The van der Waals surface area contributed by atoms with Gasteiger partial charge in [0, 0.05) is 12.2 Å². The average Bonchev–Trinajstić information content (AvgIpc) is 2.52. The summed E-state index contributed by atoms with van der Waals surface area (Å²) in [6.45, 7) is 5.94. The van der Waals surface area contributed by atoms with Gasteiger partial charge in [0.15, 0.2) is 0 Å². The molecule has 0 amide bonds. The molecule has 0 unspecified atom stereocenters. The van der Waals surface area contributed by atoms with E-state index >= 15 is 0 Å². The minimum Gasteiger partial charge on any atom is -0.348 e. The van der Waals surface area contributed by atoms with E-state index in [-0.39, 0.29) is 0 Å². The van der Waals surface area contributed by atoms with Gasteiger partial charge in [-0.1, -0.05) is 12.2 Å². The molecule has 1 rings (SSSR count). The van der Waals surface area contributed by atoms with E-state index in [0.717, 1.165) is 30.9 Å². The maximum Gasteiger partial charge on any atom is 0.0925 e. The summed E-state index contributed by atoms with van der Waals surface area (Å²) < 4.78 is 0. The average molecular weight is 179 g/mol. The van der Waals surface area contributed by atoms with Crippen LogP contribution in [0.3, 0.4) is 0 Å². The largest absolute Gasteiger partial charge is 0.348 e. The van der Waals surface area contributed by atoms with Crippen LogP contribution in [-0.2, 0) is 6.54 Å². The minimum atomic E-state index is 0.854. The number of aromatic amines is 1. The number of hydrogen-bond acceptors (Lipinski definition) is 2. The van der Waals surface area contributed by atoms with Gasteiger partial charge in [-0.15, -0.1) is 0 Å². The van der Waals surface area contributed by atoms with Crippen LogP contribution in [0.2, 0.25) is 0 Å². The third kappa shape index (κ3) is 3.42. The molecule has 1 aromatic rings. The quantitative estimate of drug-likeness (QED) is 0.534. The molecule has 0 aromatic carbocycles. The van der Waals surface area contributed by atoms with Crippen LogP contribution in [0.15, 0.2) is 18.5 Å². The Morgan fingerprint density at radius 3 is 3.08 bits per heavy atom. The highest BCUT2D eigenvalue weighted by molar-refractivity contribution is 5.07. The zero-order valence-electron chi connectivity index (χ0n) is 8.30. The highest BCUT2D eigenvalue weighted by Crippen LogP contribution is 1.98. The number of nitrogens with zero attached hydrogens (tertiary/aromatic N) is 1. The second kappa shape index (κ2) is 5.54. The van der Waals surface area contributed by atoms with Crippen molar-refractivity contribution in [2.45, 2.75) is 26.8 Å². The Hall–Kier alpha value is -1.09. The van der Waals surface area contributed by atoms with Gasteiger partial charge in [-0.2, -0.15) is 0 Å². The van der Waals surface area contributed by atoms with Crippen LogP contribution >= 0.6 is 0 Å². The first-order chi connectivity index (χ1) is 6.34. The predicted octanol–water partition coefficient (Wildman–Crippen LogP) is 1.77. The summed E-state index contributed by atoms with van der Waals surface area (Å²) in [4.78, 5) is 7.25. The molecule has 0 aliphatic heterocycles. The van der Waals surface area contributed by atoms with Gasteiger partial charge in [-0.05, 0) is 26.8 Å². The van der Waals surface area contributed by atoms with Crippen LogP contribution in [0.25, 0.3) is 0 Å². The molecule has 0 radical (unpaired) electrons. The molecule has 0 bridgehead atoms. The molecular weight excluding hydrogens is 162 g/mol. The number of nitrogens with one attached hydrogen (secondary N) is 2. The number of hydrogen-bond donors (Lipinski definition) is 2. The van der Waals surface area contributed by atoms with Crippen molar-refractivity contribution in [3.05, 3.63) is 29.9 Å². The van der Waals surface area contributed by atoms with Crippen LogP contribution < -0.4 is 5.32 Å². The SMILES string of the molecule is C/C=C/CCNCc1nc[nH]c1C. The highest BCUT2D eigenvalue weighted by Gasteiger charge is 1.97. The zero-order valence-corrected chi connectivity index (χ0v) is 8.30. The van der Waals surface area contributed by atoms with Crippen LogP contribution in [0, 0.1) is 6.92 Å². The van der Waals surface area contributed by atoms with E-state index in [0.29, 0.717) is 0 Å². The molecule has 0 aliphatic carbocycles. The second-order valence-corrected chi connectivity index (χ2v) is 3.01. The van der Waals surface area contributed by atoms with Crippen molar-refractivity contribution in [2.24, 2.45) is 0 Å². The maximum atomic E-state index is 4.20. The molecule has 0 aliphatic rings. The van der Waals surface area contributed by atoms with E-state index in [4.69, 9.17) is 0 Å². The van der Waals surface area contributed by atoms with Crippen molar-refractivity contribution < 1.29 is 0 Å². The minimum absolute atomic E-state index is 0.854. The number of aryl methyl sites for hydroxylation is 1. The lowest BCUT2D eigenvalue weighted by atomic mass is 10.3. The standard InChI is InChI=1S/C10H17N3/c1-3-4-5-6-11-7-10-9(2)12-8-13-10/h3-4,8,11H,5-7H2,1-2H3,(H,12,13)/b4-3+. The lowest BCUT2D eigenvalue weighted by Crippen LogP contribution is -2.14. The van der Waals surface area contributed by atoms with Gasteiger partial charge in [0.05, 0.1) is 12.0 Å². The molecule has 2 N–H and O–H groups in total. The fraction of sp³-hybridized carbons (Fsp3) is 0.500. The lowest BCUT2D eigenvalue weighted by Gasteiger charge is -2.00. The summed E-state index contributed by atoms with van der Waals surface area (Å²) in [5.41, 5.74) is 2.26. The Morgan fingerprint density at radius 1 is 1.62 bits per heavy atom. The molecule has 0 saturated heterocycles. The number of rotatable bonds is 5. The summed E-state index contributed by atoms with van der Waals surface area (Å²) in [7, 11) is 0. The highest BCUT2D eigenvalue weighted by atomic mass is 14.9. The number of imidazole rings is 1. The lowest BCUT2D eigenvalue weighted by molar-refractivity contribution is 0.682. The molecule has 3 nitrogen and oxygen atoms in total. The zero-order chi connectivity index (χ0) is 9.52. The van der Waals surface area contributed by atoms with Gasteiger partial charge in [-0.3, -0.25) is 0 Å². The van der Waals surface area contributed by atoms with Crippen molar-refractivity contribution in [2.75, 3.05) is 6.54 Å². The smallest absolute Gasteiger partial charge is 0.0925 e. The Labute approximate surface area is 79.3 Å². The van der Waals surface area contributed by atoms with Crippen LogP contribution in [0.1, 0.15) is 24.7 Å². The van der Waals surface area contributed by atoms with Gasteiger partial charge in [0.25, 0.3) is 0 Å². The fourth-order valence-electron chi connectivity index (χ4n) is 1.12. The van der Waals surface area contributed by atoms with Crippen molar-refractivity contribution in [3.63, 3.8) is 0 Å². The molecule has 0 fully saturated rings. The molecule has 0 atom stereocenters. The normalized spacial score (nSPS) is 11.2. The first-order valence-corrected chi connectivity index (χ1v) is 4.65. The molecule has 0 spiro atoms. The summed E-state index contributed by atoms with van der Waals surface area (Å²) >= 11 is 0. The summed E-state index contributed by atoms with van der Waals surface area (Å²) in [5.74, 6) is 0. The number of allylic oxidation sites excluding steroid dienone is 1. The molecule has 0 saturated carbocycles. The van der Waals surface area contributed by atoms with Gasteiger partial charge >= 0.3 is 0 Å². The van der Waals surface area contributed by atoms with Crippen LogP contribution in [0.5, 0.6) is 0 Å². The fourth-order valence-corrected chi connectivity index (χ4v) is 1.12. The topological polar surface area (TPSA) is 40.7 Å². The first kappa shape index (κ1) is 9.99. The number of aromatic nitrogens is 2. The summed E-state index contributed by atoms with van der Waals surface area (Å²) in [6, 6.07) is 0. The maximum absolute atomic E-state index is 4.20. The van der Waals surface area contributed by atoms with Crippen molar-refractivity contribution in [1.29, 1.82) is 0 Å². The Morgan fingerprint density at radius 2 is 2.46 bits per heavy atom. The van der Waals surface area contributed by atoms with Crippen molar-refractivity contribution in [3.8, 4) is 0 Å². The third-order valence-electron chi connectivity index (χ3n) is 1.95. The van der Waals surface area contributed by atoms with Gasteiger partial charge in [0.2, 0.25) is 0 Å². The van der Waals surface area contributed by atoms with Crippen molar-refractivity contribution >= 4 is 0 Å². The Kier molecular flexibility index (Phi) is 4.26. The van der Waals surface area contributed by atoms with Crippen LogP contribution in [0.4, 0.5) is 0 Å². The van der Waals surface area contributed by atoms with E-state index in [2.05, 4.69) is 27.4 Å². The number of H-pyrrole nitrogens is 1. The molecule has 3 heteroatoms.